The van der Waals surface area contributed by atoms with Crippen LogP contribution in [0.4, 0.5) is 0 Å². The van der Waals surface area contributed by atoms with Gasteiger partial charge in [0.2, 0.25) is 10.0 Å². The Hall–Kier alpha value is -1.40. The first-order chi connectivity index (χ1) is 9.77. The van der Waals surface area contributed by atoms with Crippen molar-refractivity contribution in [1.29, 1.82) is 0 Å². The number of sulfonamides is 1. The number of carboxylic acid groups (broad SMARTS) is 1. The molecule has 0 aliphatic carbocycles. The summed E-state index contributed by atoms with van der Waals surface area (Å²) in [6, 6.07) is 6.65. The lowest BCUT2D eigenvalue weighted by atomic mass is 10.0. The van der Waals surface area contributed by atoms with Crippen molar-refractivity contribution in [3.63, 3.8) is 0 Å². The van der Waals surface area contributed by atoms with E-state index in [-0.39, 0.29) is 11.4 Å². The quantitative estimate of drug-likeness (QED) is 0.772. The zero-order valence-electron chi connectivity index (χ0n) is 12.7. The molecule has 0 bridgehead atoms. The number of aliphatic carboxylic acids is 1. The van der Waals surface area contributed by atoms with E-state index in [2.05, 4.69) is 4.72 Å². The molecular weight excluding hydrogens is 290 g/mol. The predicted octanol–water partition coefficient (Wildman–Crippen LogP) is 2.59. The first-order valence-corrected chi connectivity index (χ1v) is 8.58. The number of benzene rings is 1. The molecule has 0 aliphatic heterocycles. The van der Waals surface area contributed by atoms with Crippen LogP contribution < -0.4 is 4.72 Å². The van der Waals surface area contributed by atoms with Crippen molar-refractivity contribution >= 4 is 16.0 Å². The lowest BCUT2D eigenvalue weighted by Gasteiger charge is -2.13. The van der Waals surface area contributed by atoms with Gasteiger partial charge in [-0.05, 0) is 30.0 Å². The van der Waals surface area contributed by atoms with Gasteiger partial charge in [-0.15, -0.1) is 0 Å². The van der Waals surface area contributed by atoms with Crippen LogP contribution in [0, 0.1) is 5.92 Å². The highest BCUT2D eigenvalue weighted by Crippen LogP contribution is 2.17. The SMILES string of the molecule is CCCC(CNS(=O)(=O)c1ccc(C(C)C)cc1)C(=O)O. The van der Waals surface area contributed by atoms with E-state index >= 15 is 0 Å². The third-order valence-electron chi connectivity index (χ3n) is 3.36. The van der Waals surface area contributed by atoms with Crippen molar-refractivity contribution in [2.24, 2.45) is 5.92 Å². The molecule has 0 aliphatic rings. The Morgan fingerprint density at radius 3 is 2.24 bits per heavy atom. The van der Waals surface area contributed by atoms with Gasteiger partial charge >= 0.3 is 5.97 Å². The van der Waals surface area contributed by atoms with Crippen molar-refractivity contribution in [2.75, 3.05) is 6.54 Å². The molecule has 1 unspecified atom stereocenters. The topological polar surface area (TPSA) is 83.5 Å². The molecule has 0 radical (unpaired) electrons. The molecule has 21 heavy (non-hydrogen) atoms. The fourth-order valence-corrected chi connectivity index (χ4v) is 3.07. The van der Waals surface area contributed by atoms with Crippen LogP contribution in [0.25, 0.3) is 0 Å². The summed E-state index contributed by atoms with van der Waals surface area (Å²) in [5.74, 6) is -1.34. The second-order valence-electron chi connectivity index (χ2n) is 5.40. The van der Waals surface area contributed by atoms with Gasteiger partial charge in [0.1, 0.15) is 0 Å². The Labute approximate surface area is 126 Å². The van der Waals surface area contributed by atoms with Crippen molar-refractivity contribution in [1.82, 2.24) is 4.72 Å². The van der Waals surface area contributed by atoms with E-state index in [4.69, 9.17) is 5.11 Å². The molecule has 1 aromatic carbocycles. The Kier molecular flexibility index (Phi) is 6.36. The molecule has 1 aromatic rings. The lowest BCUT2D eigenvalue weighted by Crippen LogP contribution is -2.33. The van der Waals surface area contributed by atoms with E-state index in [0.29, 0.717) is 18.8 Å². The standard InChI is InChI=1S/C15H23NO4S/c1-4-5-13(15(17)18)10-16-21(19,20)14-8-6-12(7-9-14)11(2)3/h6-9,11,13,16H,4-5,10H2,1-3H3,(H,17,18). The third-order valence-corrected chi connectivity index (χ3v) is 4.80. The minimum Gasteiger partial charge on any atom is -0.481 e. The summed E-state index contributed by atoms with van der Waals surface area (Å²) >= 11 is 0. The molecule has 5 nitrogen and oxygen atoms in total. The Morgan fingerprint density at radius 1 is 1.24 bits per heavy atom. The molecular formula is C15H23NO4S. The Balaban J connectivity index is 2.79. The molecule has 1 rings (SSSR count). The molecule has 0 amide bonds. The first kappa shape index (κ1) is 17.7. The highest BCUT2D eigenvalue weighted by molar-refractivity contribution is 7.89. The minimum atomic E-state index is -3.66. The van der Waals surface area contributed by atoms with Gasteiger partial charge in [0.05, 0.1) is 10.8 Å². The number of hydrogen-bond donors (Lipinski definition) is 2. The van der Waals surface area contributed by atoms with E-state index in [1.807, 2.05) is 20.8 Å². The number of hydrogen-bond acceptors (Lipinski definition) is 3. The normalized spacial score (nSPS) is 13.3. The van der Waals surface area contributed by atoms with E-state index in [1.165, 1.54) is 0 Å². The molecule has 0 saturated heterocycles. The lowest BCUT2D eigenvalue weighted by molar-refractivity contribution is -0.141. The summed E-state index contributed by atoms with van der Waals surface area (Å²) in [4.78, 5) is 11.2. The van der Waals surface area contributed by atoms with Crippen LogP contribution in [-0.4, -0.2) is 26.0 Å². The number of carboxylic acids is 1. The fourth-order valence-electron chi connectivity index (χ4n) is 1.99. The molecule has 0 spiro atoms. The maximum atomic E-state index is 12.1. The van der Waals surface area contributed by atoms with Gasteiger partial charge in [0.25, 0.3) is 0 Å². The van der Waals surface area contributed by atoms with Crippen LogP contribution in [0.2, 0.25) is 0 Å². The summed E-state index contributed by atoms with van der Waals surface area (Å²) in [7, 11) is -3.66. The summed E-state index contributed by atoms with van der Waals surface area (Å²) < 4.78 is 26.7. The summed E-state index contributed by atoms with van der Waals surface area (Å²) in [6.45, 7) is 5.85. The van der Waals surface area contributed by atoms with Crippen LogP contribution in [-0.2, 0) is 14.8 Å². The molecule has 6 heteroatoms. The van der Waals surface area contributed by atoms with Gasteiger partial charge in [-0.1, -0.05) is 39.3 Å². The van der Waals surface area contributed by atoms with Gasteiger partial charge in [-0.2, -0.15) is 0 Å². The van der Waals surface area contributed by atoms with Gasteiger partial charge in [0, 0.05) is 6.54 Å². The summed E-state index contributed by atoms with van der Waals surface area (Å²) in [5, 5.41) is 9.03. The molecule has 0 heterocycles. The van der Waals surface area contributed by atoms with Crippen molar-refractivity contribution in [2.45, 2.75) is 44.4 Å². The average molecular weight is 313 g/mol. The maximum absolute atomic E-state index is 12.1. The monoisotopic (exact) mass is 313 g/mol. The van der Waals surface area contributed by atoms with Gasteiger partial charge < -0.3 is 5.11 Å². The third kappa shape index (κ3) is 5.13. The average Bonchev–Trinajstić information content (AvgIpc) is 2.43. The highest BCUT2D eigenvalue weighted by Gasteiger charge is 2.21. The predicted molar refractivity (Wildman–Crippen MR) is 81.8 cm³/mol. The van der Waals surface area contributed by atoms with E-state index < -0.39 is 21.9 Å². The minimum absolute atomic E-state index is 0.0859. The molecule has 118 valence electrons. The number of carbonyl (C=O) groups is 1. The van der Waals surface area contributed by atoms with Gasteiger partial charge in [-0.25, -0.2) is 13.1 Å². The Morgan fingerprint density at radius 2 is 1.81 bits per heavy atom. The number of nitrogens with one attached hydrogen (secondary N) is 1. The number of rotatable bonds is 8. The molecule has 2 N–H and O–H groups in total. The molecule has 1 atom stereocenters. The van der Waals surface area contributed by atoms with Crippen molar-refractivity contribution in [3.05, 3.63) is 29.8 Å². The Bertz CT molecular complexity index is 564. The van der Waals surface area contributed by atoms with Crippen LogP contribution in [0.3, 0.4) is 0 Å². The molecule has 0 saturated carbocycles. The second-order valence-corrected chi connectivity index (χ2v) is 7.17. The second kappa shape index (κ2) is 7.56. The zero-order chi connectivity index (χ0) is 16.0. The van der Waals surface area contributed by atoms with Gasteiger partial charge in [0.15, 0.2) is 0 Å². The summed E-state index contributed by atoms with van der Waals surface area (Å²) in [6.07, 6.45) is 1.14. The fraction of sp³-hybridized carbons (Fsp3) is 0.533. The van der Waals surface area contributed by atoms with Crippen molar-refractivity contribution in [3.8, 4) is 0 Å². The molecule has 0 fully saturated rings. The molecule has 0 aromatic heterocycles. The van der Waals surface area contributed by atoms with E-state index in [0.717, 1.165) is 5.56 Å². The van der Waals surface area contributed by atoms with Crippen LogP contribution >= 0.6 is 0 Å². The van der Waals surface area contributed by atoms with Crippen molar-refractivity contribution < 1.29 is 18.3 Å². The van der Waals surface area contributed by atoms with Crippen LogP contribution in [0.1, 0.15) is 45.1 Å². The van der Waals surface area contributed by atoms with E-state index in [1.54, 1.807) is 24.3 Å². The van der Waals surface area contributed by atoms with Crippen LogP contribution in [0.15, 0.2) is 29.2 Å². The van der Waals surface area contributed by atoms with Crippen LogP contribution in [0.5, 0.6) is 0 Å². The maximum Gasteiger partial charge on any atom is 0.307 e. The highest BCUT2D eigenvalue weighted by atomic mass is 32.2. The van der Waals surface area contributed by atoms with E-state index in [9.17, 15) is 13.2 Å². The smallest absolute Gasteiger partial charge is 0.307 e. The summed E-state index contributed by atoms with van der Waals surface area (Å²) in [5.41, 5.74) is 1.06. The van der Waals surface area contributed by atoms with Gasteiger partial charge in [-0.3, -0.25) is 4.79 Å². The zero-order valence-corrected chi connectivity index (χ0v) is 13.5. The first-order valence-electron chi connectivity index (χ1n) is 7.10. The largest absolute Gasteiger partial charge is 0.481 e.